The largest absolute Gasteiger partial charge is 0.497 e. The highest BCUT2D eigenvalue weighted by Gasteiger charge is 2.39. The van der Waals surface area contributed by atoms with Crippen LogP contribution in [0.25, 0.3) is 0 Å². The highest BCUT2D eigenvalue weighted by atomic mass is 32.2. The maximum Gasteiger partial charge on any atom is 0.287 e. The highest BCUT2D eigenvalue weighted by Crippen LogP contribution is 2.47. The number of thioether (sulfide) groups is 1. The Kier molecular flexibility index (Phi) is 4.53. The predicted molar refractivity (Wildman–Crippen MR) is 103 cm³/mol. The average Bonchev–Trinajstić information content (AvgIpc) is 3.19. The van der Waals surface area contributed by atoms with E-state index in [4.69, 9.17) is 14.1 Å². The van der Waals surface area contributed by atoms with E-state index in [-0.39, 0.29) is 11.9 Å². The van der Waals surface area contributed by atoms with Crippen LogP contribution in [0.2, 0.25) is 0 Å². The van der Waals surface area contributed by atoms with Crippen LogP contribution in [0.3, 0.4) is 0 Å². The minimum atomic E-state index is -0.171. The van der Waals surface area contributed by atoms with Crippen LogP contribution in [-0.2, 0) is 13.0 Å². The summed E-state index contributed by atoms with van der Waals surface area (Å²) in [4.78, 5) is 17.4. The molecule has 2 heterocycles. The van der Waals surface area contributed by atoms with Gasteiger partial charge in [0.25, 0.3) is 5.91 Å². The lowest BCUT2D eigenvalue weighted by atomic mass is 9.90. The van der Waals surface area contributed by atoms with Crippen LogP contribution in [0.4, 0.5) is 0 Å². The number of furan rings is 1. The summed E-state index contributed by atoms with van der Waals surface area (Å²) in [6.07, 6.45) is 1.92. The molecule has 1 aliphatic carbocycles. The van der Waals surface area contributed by atoms with Gasteiger partial charge in [0, 0.05) is 29.3 Å². The number of hydrogen-bond acceptors (Lipinski definition) is 5. The Morgan fingerprint density at radius 3 is 2.85 bits per heavy atom. The minimum Gasteiger partial charge on any atom is -0.497 e. The number of carbonyl (C=O) groups is 1. The molecule has 0 saturated heterocycles. The fraction of sp³-hybridized carbons (Fsp3) is 0.400. The predicted octanol–water partition coefficient (Wildman–Crippen LogP) is 4.05. The van der Waals surface area contributed by atoms with Gasteiger partial charge in [0.1, 0.15) is 11.5 Å². The van der Waals surface area contributed by atoms with Crippen molar-refractivity contribution in [1.82, 2.24) is 5.32 Å². The molecule has 2 unspecified atom stereocenters. The normalized spacial score (nSPS) is 21.0. The van der Waals surface area contributed by atoms with Gasteiger partial charge >= 0.3 is 0 Å². The number of rotatable bonds is 4. The van der Waals surface area contributed by atoms with E-state index in [1.54, 1.807) is 7.11 Å². The van der Waals surface area contributed by atoms with Crippen molar-refractivity contribution >= 4 is 22.7 Å². The number of nitrogens with zero attached hydrogens (tertiary/aromatic N) is 1. The second-order valence-corrected chi connectivity index (χ2v) is 8.14. The van der Waals surface area contributed by atoms with Crippen LogP contribution in [0.15, 0.2) is 33.7 Å². The van der Waals surface area contributed by atoms with Crippen LogP contribution >= 0.6 is 11.8 Å². The molecule has 6 heteroatoms. The molecule has 2 aliphatic rings. The topological polar surface area (TPSA) is 63.8 Å². The van der Waals surface area contributed by atoms with Gasteiger partial charge < -0.3 is 14.5 Å². The van der Waals surface area contributed by atoms with Crippen LogP contribution in [0.5, 0.6) is 5.75 Å². The number of carbonyl (C=O) groups excluding carboxylic acids is 1. The van der Waals surface area contributed by atoms with Crippen molar-refractivity contribution < 1.29 is 13.9 Å². The first-order valence-electron chi connectivity index (χ1n) is 8.81. The first-order valence-corrected chi connectivity index (χ1v) is 9.69. The molecule has 0 saturated carbocycles. The van der Waals surface area contributed by atoms with Gasteiger partial charge in [0.2, 0.25) is 0 Å². The van der Waals surface area contributed by atoms with E-state index in [0.717, 1.165) is 46.1 Å². The van der Waals surface area contributed by atoms with E-state index in [1.807, 2.05) is 43.0 Å². The maximum atomic E-state index is 12.7. The fourth-order valence-electron chi connectivity index (χ4n) is 3.71. The Morgan fingerprint density at radius 2 is 2.12 bits per heavy atom. The molecule has 2 atom stereocenters. The number of hydrogen-bond donors (Lipinski definition) is 1. The molecule has 1 aromatic carbocycles. The summed E-state index contributed by atoms with van der Waals surface area (Å²) in [5, 5.41) is 4.56. The second-order valence-electron chi connectivity index (χ2n) is 6.71. The first kappa shape index (κ1) is 17.2. The number of methoxy groups -OCH3 is 1. The lowest BCUT2D eigenvalue weighted by Gasteiger charge is -2.22. The highest BCUT2D eigenvalue weighted by molar-refractivity contribution is 8.14. The Bertz CT molecular complexity index is 870. The van der Waals surface area contributed by atoms with Crippen LogP contribution in [0, 0.1) is 6.92 Å². The van der Waals surface area contributed by atoms with E-state index >= 15 is 0 Å². The van der Waals surface area contributed by atoms with E-state index in [0.29, 0.717) is 17.6 Å². The number of ether oxygens (including phenoxy) is 1. The Morgan fingerprint density at radius 1 is 1.35 bits per heavy atom. The molecule has 136 valence electrons. The lowest BCUT2D eigenvalue weighted by Crippen LogP contribution is -2.23. The third-order valence-electron chi connectivity index (χ3n) is 5.04. The molecule has 0 radical (unpaired) electrons. The smallest absolute Gasteiger partial charge is 0.287 e. The molecule has 1 N–H and O–H groups in total. The van der Waals surface area contributed by atoms with Gasteiger partial charge in [-0.25, -0.2) is 0 Å². The van der Waals surface area contributed by atoms with Crippen molar-refractivity contribution in [1.29, 1.82) is 0 Å². The van der Waals surface area contributed by atoms with Crippen LogP contribution < -0.4 is 10.1 Å². The third kappa shape index (κ3) is 3.03. The molecule has 0 fully saturated rings. The van der Waals surface area contributed by atoms with Gasteiger partial charge in [0.05, 0.1) is 18.2 Å². The zero-order chi connectivity index (χ0) is 18.3. The van der Waals surface area contributed by atoms with Crippen molar-refractivity contribution in [2.45, 2.75) is 44.5 Å². The molecule has 0 bridgehead atoms. The number of amides is 1. The molecule has 4 rings (SSSR count). The lowest BCUT2D eigenvalue weighted by molar-refractivity contribution is 0.0920. The summed E-state index contributed by atoms with van der Waals surface area (Å²) in [5.41, 5.74) is 3.07. The molecule has 26 heavy (non-hydrogen) atoms. The Hall–Kier alpha value is -2.21. The van der Waals surface area contributed by atoms with Crippen molar-refractivity contribution in [3.63, 3.8) is 0 Å². The molecule has 1 amide bonds. The molecular formula is C20H22N2O3S. The second kappa shape index (κ2) is 6.83. The van der Waals surface area contributed by atoms with Crippen molar-refractivity contribution in [2.75, 3.05) is 7.11 Å². The van der Waals surface area contributed by atoms with Crippen molar-refractivity contribution in [3.05, 3.63) is 52.5 Å². The number of aryl methyl sites for hydroxylation is 1. The van der Waals surface area contributed by atoms with E-state index < -0.39 is 0 Å². The van der Waals surface area contributed by atoms with Gasteiger partial charge in [-0.05, 0) is 38.0 Å². The number of benzene rings is 1. The maximum absolute atomic E-state index is 12.7. The average molecular weight is 370 g/mol. The van der Waals surface area contributed by atoms with Gasteiger partial charge in [-0.3, -0.25) is 9.79 Å². The zero-order valence-corrected chi connectivity index (χ0v) is 16.0. The number of aliphatic imine (C=N–C) groups is 1. The van der Waals surface area contributed by atoms with Gasteiger partial charge in [-0.15, -0.1) is 11.8 Å². The molecule has 1 aromatic heterocycles. The van der Waals surface area contributed by atoms with Crippen molar-refractivity contribution in [3.8, 4) is 5.75 Å². The monoisotopic (exact) mass is 370 g/mol. The van der Waals surface area contributed by atoms with Crippen LogP contribution in [0.1, 0.15) is 52.4 Å². The van der Waals surface area contributed by atoms with Crippen LogP contribution in [-0.4, -0.2) is 23.3 Å². The third-order valence-corrected chi connectivity index (χ3v) is 6.28. The summed E-state index contributed by atoms with van der Waals surface area (Å²) in [5.74, 6) is 1.98. The van der Waals surface area contributed by atoms with Gasteiger partial charge in [-0.1, -0.05) is 12.1 Å². The summed E-state index contributed by atoms with van der Waals surface area (Å²) in [7, 11) is 1.64. The standard InChI is InChI=1S/C20H22N2O3S/c1-11-17-15(8-9-16-18(17)22-12(2)26-16)25-19(11)20(23)21-10-13-4-6-14(24-3)7-5-13/h4-7,16,18H,8-10H2,1-3H3,(H,21,23). The number of nitrogens with one attached hydrogen (secondary N) is 1. The summed E-state index contributed by atoms with van der Waals surface area (Å²) < 4.78 is 11.1. The molecule has 2 aromatic rings. The molecular weight excluding hydrogens is 348 g/mol. The van der Waals surface area contributed by atoms with E-state index in [9.17, 15) is 4.79 Å². The minimum absolute atomic E-state index is 0.135. The Labute approximate surface area is 157 Å². The Balaban J connectivity index is 1.51. The van der Waals surface area contributed by atoms with Gasteiger partial charge in [0.15, 0.2) is 5.76 Å². The SMILES string of the molecule is COc1ccc(CNC(=O)c2oc3c(c2C)C2N=C(C)SC2CC3)cc1. The summed E-state index contributed by atoms with van der Waals surface area (Å²) in [6.45, 7) is 4.48. The quantitative estimate of drug-likeness (QED) is 0.882. The molecule has 1 aliphatic heterocycles. The van der Waals surface area contributed by atoms with Gasteiger partial charge in [-0.2, -0.15) is 0 Å². The summed E-state index contributed by atoms with van der Waals surface area (Å²) >= 11 is 1.85. The fourth-order valence-corrected chi connectivity index (χ4v) is 4.89. The summed E-state index contributed by atoms with van der Waals surface area (Å²) in [6, 6.07) is 7.79. The van der Waals surface area contributed by atoms with Crippen molar-refractivity contribution in [2.24, 2.45) is 4.99 Å². The van der Waals surface area contributed by atoms with E-state index in [1.165, 1.54) is 0 Å². The first-order chi connectivity index (χ1) is 12.6. The molecule has 0 spiro atoms. The number of fused-ring (bicyclic) bond motifs is 3. The molecule has 5 nitrogen and oxygen atoms in total. The zero-order valence-electron chi connectivity index (χ0n) is 15.2. The van der Waals surface area contributed by atoms with E-state index in [2.05, 4.69) is 12.2 Å².